The molecule has 0 unspecified atom stereocenters. The molecule has 0 aromatic heterocycles. The molecule has 6 heteroatoms. The van der Waals surface area contributed by atoms with Gasteiger partial charge in [0, 0.05) is 11.5 Å². The van der Waals surface area contributed by atoms with Crippen LogP contribution in [0.2, 0.25) is 0 Å². The van der Waals surface area contributed by atoms with Crippen molar-refractivity contribution in [2.45, 2.75) is 71.0 Å². The van der Waals surface area contributed by atoms with Crippen LogP contribution >= 0.6 is 0 Å². The first-order valence-electron chi connectivity index (χ1n) is 13.8. The van der Waals surface area contributed by atoms with Gasteiger partial charge in [0.15, 0.2) is 17.9 Å². The molecular weight excluding hydrogens is 489 g/mol. The molecule has 38 heavy (non-hydrogen) atoms. The molecule has 1 fully saturated rings. The van der Waals surface area contributed by atoms with Crippen LogP contribution in [0.25, 0.3) is 22.3 Å². The van der Waals surface area contributed by atoms with E-state index in [2.05, 4.69) is 13.8 Å². The molecule has 3 aromatic rings. The zero-order chi connectivity index (χ0) is 26.9. The first-order chi connectivity index (χ1) is 18.5. The van der Waals surface area contributed by atoms with Gasteiger partial charge >= 0.3 is 0 Å². The molecule has 3 nitrogen and oxygen atoms in total. The van der Waals surface area contributed by atoms with Gasteiger partial charge in [0.2, 0.25) is 5.82 Å². The summed E-state index contributed by atoms with van der Waals surface area (Å²) < 4.78 is 61.5. The fraction of sp³-hybridized carbons (Fsp3) is 0.438. The Morgan fingerprint density at radius 2 is 1.39 bits per heavy atom. The third kappa shape index (κ3) is 6.97. The Morgan fingerprint density at radius 3 is 2.08 bits per heavy atom. The lowest BCUT2D eigenvalue weighted by Crippen LogP contribution is -2.31. The fourth-order valence-electron chi connectivity index (χ4n) is 4.73. The van der Waals surface area contributed by atoms with Crippen molar-refractivity contribution in [2.75, 3.05) is 19.8 Å². The largest absolute Gasteiger partial charge is 0.490 e. The highest BCUT2D eigenvalue weighted by Gasteiger charge is 2.25. The van der Waals surface area contributed by atoms with Crippen LogP contribution in [0.15, 0.2) is 54.6 Å². The Hall–Kier alpha value is -2.83. The van der Waals surface area contributed by atoms with Gasteiger partial charge in [0.05, 0.1) is 19.8 Å². The monoisotopic (exact) mass is 526 g/mol. The molecule has 1 aliphatic rings. The Morgan fingerprint density at radius 1 is 0.737 bits per heavy atom. The van der Waals surface area contributed by atoms with E-state index in [0.29, 0.717) is 36.5 Å². The molecule has 1 aliphatic heterocycles. The van der Waals surface area contributed by atoms with Crippen molar-refractivity contribution >= 4 is 0 Å². The molecule has 0 radical (unpaired) electrons. The minimum Gasteiger partial charge on any atom is -0.490 e. The molecule has 0 amide bonds. The van der Waals surface area contributed by atoms with Gasteiger partial charge in [-0.1, -0.05) is 75.9 Å². The number of hydrogen-bond acceptors (Lipinski definition) is 3. The van der Waals surface area contributed by atoms with Crippen LogP contribution in [0.3, 0.4) is 0 Å². The minimum atomic E-state index is -0.983. The third-order valence-corrected chi connectivity index (χ3v) is 7.03. The van der Waals surface area contributed by atoms with Gasteiger partial charge in [-0.2, -0.15) is 4.39 Å². The van der Waals surface area contributed by atoms with Gasteiger partial charge in [0.1, 0.15) is 5.82 Å². The summed E-state index contributed by atoms with van der Waals surface area (Å²) in [6.45, 7) is 5.45. The second-order valence-electron chi connectivity index (χ2n) is 9.90. The highest BCUT2D eigenvalue weighted by atomic mass is 19.2. The van der Waals surface area contributed by atoms with Gasteiger partial charge in [0.25, 0.3) is 0 Å². The highest BCUT2D eigenvalue weighted by Crippen LogP contribution is 2.33. The number of hydrogen-bond donors (Lipinski definition) is 0. The number of unbranched alkanes of at least 4 members (excludes halogenated alkanes) is 4. The fourth-order valence-corrected chi connectivity index (χ4v) is 4.73. The molecule has 0 bridgehead atoms. The van der Waals surface area contributed by atoms with Gasteiger partial charge in [-0.15, -0.1) is 0 Å². The number of ether oxygens (including phenoxy) is 3. The van der Waals surface area contributed by atoms with E-state index in [0.717, 1.165) is 50.5 Å². The molecule has 0 aliphatic carbocycles. The van der Waals surface area contributed by atoms with Gasteiger partial charge in [-0.05, 0) is 59.7 Å². The van der Waals surface area contributed by atoms with Gasteiger partial charge < -0.3 is 14.2 Å². The summed E-state index contributed by atoms with van der Waals surface area (Å²) in [6.07, 6.45) is 6.82. The van der Waals surface area contributed by atoms with Gasteiger partial charge in [-0.3, -0.25) is 0 Å². The van der Waals surface area contributed by atoms with E-state index in [-0.39, 0.29) is 29.3 Å². The second-order valence-corrected chi connectivity index (χ2v) is 9.90. The van der Waals surface area contributed by atoms with Crippen LogP contribution in [0.4, 0.5) is 13.2 Å². The summed E-state index contributed by atoms with van der Waals surface area (Å²) in [5.74, 6) is -2.45. The molecule has 4 rings (SSSR count). The summed E-state index contributed by atoms with van der Waals surface area (Å²) in [7, 11) is 0. The Bertz CT molecular complexity index is 1170. The van der Waals surface area contributed by atoms with E-state index >= 15 is 4.39 Å². The lowest BCUT2D eigenvalue weighted by molar-refractivity contribution is -0.190. The molecule has 204 valence electrons. The maximum atomic E-state index is 15.1. The molecule has 1 heterocycles. The van der Waals surface area contributed by atoms with E-state index < -0.39 is 11.6 Å². The van der Waals surface area contributed by atoms with E-state index in [1.165, 1.54) is 18.2 Å². The molecule has 0 saturated carbocycles. The summed E-state index contributed by atoms with van der Waals surface area (Å²) >= 11 is 0. The van der Waals surface area contributed by atoms with Crippen molar-refractivity contribution in [1.82, 2.24) is 0 Å². The third-order valence-electron chi connectivity index (χ3n) is 7.03. The zero-order valence-corrected chi connectivity index (χ0v) is 22.3. The Balaban J connectivity index is 1.41. The van der Waals surface area contributed by atoms with Crippen molar-refractivity contribution in [3.63, 3.8) is 0 Å². The second kappa shape index (κ2) is 13.8. The zero-order valence-electron chi connectivity index (χ0n) is 22.3. The molecular formula is C32H37F3O3. The first kappa shape index (κ1) is 28.2. The van der Waals surface area contributed by atoms with Crippen LogP contribution in [-0.2, 0) is 9.47 Å². The Labute approximate surface area is 223 Å². The lowest BCUT2D eigenvalue weighted by atomic mass is 9.95. The standard InChI is InChI=1S/C32H37F3O3/c1-3-5-7-9-30-37-20-25(21-38-30)26-15-14-24(19-28(26)33)22-10-12-23(13-11-22)27-16-17-29(32(35)31(27)34)36-18-8-6-4-2/h10-17,19,25,30H,3-9,18,20-21H2,1-2H3. The van der Waals surface area contributed by atoms with Crippen molar-refractivity contribution in [3.05, 3.63) is 77.6 Å². The van der Waals surface area contributed by atoms with E-state index in [9.17, 15) is 8.78 Å². The topological polar surface area (TPSA) is 27.7 Å². The van der Waals surface area contributed by atoms with Crippen molar-refractivity contribution in [3.8, 4) is 28.0 Å². The maximum Gasteiger partial charge on any atom is 0.201 e. The van der Waals surface area contributed by atoms with E-state index in [4.69, 9.17) is 14.2 Å². The average molecular weight is 527 g/mol. The summed E-state index contributed by atoms with van der Waals surface area (Å²) in [5, 5.41) is 0. The maximum absolute atomic E-state index is 15.1. The highest BCUT2D eigenvalue weighted by molar-refractivity contribution is 5.71. The van der Waals surface area contributed by atoms with Crippen LogP contribution in [-0.4, -0.2) is 26.1 Å². The molecule has 1 saturated heterocycles. The van der Waals surface area contributed by atoms with Crippen LogP contribution < -0.4 is 4.74 Å². The average Bonchev–Trinajstić information content (AvgIpc) is 2.94. The molecule has 0 atom stereocenters. The van der Waals surface area contributed by atoms with Crippen LogP contribution in [0.1, 0.15) is 70.3 Å². The van der Waals surface area contributed by atoms with Crippen molar-refractivity contribution in [2.24, 2.45) is 0 Å². The molecule has 0 N–H and O–H groups in total. The van der Waals surface area contributed by atoms with Crippen molar-refractivity contribution < 1.29 is 27.4 Å². The summed E-state index contributed by atoms with van der Waals surface area (Å²) in [5.41, 5.74) is 2.75. The normalized spacial score (nSPS) is 17.5. The smallest absolute Gasteiger partial charge is 0.201 e. The quantitative estimate of drug-likeness (QED) is 0.220. The molecule has 0 spiro atoms. The number of halogens is 3. The first-order valence-corrected chi connectivity index (χ1v) is 13.8. The van der Waals surface area contributed by atoms with Gasteiger partial charge in [-0.25, -0.2) is 8.78 Å². The summed E-state index contributed by atoms with van der Waals surface area (Å²) in [4.78, 5) is 0. The number of benzene rings is 3. The predicted molar refractivity (Wildman–Crippen MR) is 145 cm³/mol. The minimum absolute atomic E-state index is 0.0738. The predicted octanol–water partition coefficient (Wildman–Crippen LogP) is 9.04. The van der Waals surface area contributed by atoms with Crippen molar-refractivity contribution in [1.29, 1.82) is 0 Å². The van der Waals surface area contributed by atoms with Crippen LogP contribution in [0.5, 0.6) is 5.75 Å². The lowest BCUT2D eigenvalue weighted by Gasteiger charge is -2.30. The Kier molecular flexibility index (Phi) is 10.2. The van der Waals surface area contributed by atoms with E-state index in [1.807, 2.05) is 6.07 Å². The summed E-state index contributed by atoms with van der Waals surface area (Å²) in [6, 6.07) is 15.1. The number of rotatable bonds is 12. The molecule has 3 aromatic carbocycles. The van der Waals surface area contributed by atoms with Crippen LogP contribution in [0, 0.1) is 17.5 Å². The van der Waals surface area contributed by atoms with E-state index in [1.54, 1.807) is 30.3 Å². The SMILES string of the molecule is CCCCCOc1ccc(-c2ccc(-c3ccc(C4COC(CCCCC)OC4)c(F)c3)cc2)c(F)c1F.